The predicted molar refractivity (Wildman–Crippen MR) is 83.7 cm³/mol. The minimum Gasteiger partial charge on any atom is -0.478 e. The number of carboxylic acids is 1. The van der Waals surface area contributed by atoms with E-state index in [0.717, 1.165) is 12.5 Å². The lowest BCUT2D eigenvalue weighted by molar-refractivity contribution is 0.0697. The Kier molecular flexibility index (Phi) is 6.79. The first-order valence-corrected chi connectivity index (χ1v) is 8.54. The monoisotopic (exact) mass is 330 g/mol. The van der Waals surface area contributed by atoms with E-state index in [-0.39, 0.29) is 35.3 Å². The van der Waals surface area contributed by atoms with Crippen LogP contribution in [0.2, 0.25) is 0 Å². The van der Waals surface area contributed by atoms with Crippen molar-refractivity contribution in [2.24, 2.45) is 0 Å². The Balaban J connectivity index is 3.10. The van der Waals surface area contributed by atoms with Crippen molar-refractivity contribution in [1.82, 2.24) is 4.72 Å². The number of aliphatic hydroxyl groups is 1. The molecule has 0 amide bonds. The van der Waals surface area contributed by atoms with E-state index in [0.29, 0.717) is 6.42 Å². The van der Waals surface area contributed by atoms with E-state index in [2.05, 4.69) is 10.0 Å². The van der Waals surface area contributed by atoms with Crippen molar-refractivity contribution in [1.29, 1.82) is 0 Å². The van der Waals surface area contributed by atoms with Crippen LogP contribution >= 0.6 is 0 Å². The van der Waals surface area contributed by atoms with Crippen molar-refractivity contribution < 1.29 is 23.4 Å². The SMILES string of the molecule is CCCC(C)NS(=O)(=O)c1ccc(NCCO)c(C(=O)O)c1. The molecule has 0 saturated heterocycles. The molecule has 1 atom stereocenters. The summed E-state index contributed by atoms with van der Waals surface area (Å²) in [5.74, 6) is -1.24. The summed E-state index contributed by atoms with van der Waals surface area (Å²) >= 11 is 0. The number of hydrogen-bond donors (Lipinski definition) is 4. The molecule has 0 bridgehead atoms. The van der Waals surface area contributed by atoms with Crippen molar-refractivity contribution in [3.63, 3.8) is 0 Å². The van der Waals surface area contributed by atoms with E-state index in [4.69, 9.17) is 5.11 Å². The number of rotatable bonds is 9. The van der Waals surface area contributed by atoms with Crippen LogP contribution in [-0.4, -0.2) is 43.8 Å². The normalized spacial score (nSPS) is 12.9. The largest absolute Gasteiger partial charge is 0.478 e. The number of carboxylic acid groups (broad SMARTS) is 1. The Bertz CT molecular complexity index is 616. The molecule has 0 aliphatic rings. The van der Waals surface area contributed by atoms with E-state index < -0.39 is 16.0 Å². The fraction of sp³-hybridized carbons (Fsp3) is 0.500. The van der Waals surface area contributed by atoms with E-state index >= 15 is 0 Å². The van der Waals surface area contributed by atoms with Gasteiger partial charge in [-0.3, -0.25) is 0 Å². The molecule has 0 heterocycles. The molecule has 7 nitrogen and oxygen atoms in total. The average Bonchev–Trinajstić information content (AvgIpc) is 2.44. The van der Waals surface area contributed by atoms with Crippen LogP contribution in [0, 0.1) is 0 Å². The number of anilines is 1. The Morgan fingerprint density at radius 1 is 1.36 bits per heavy atom. The first kappa shape index (κ1) is 18.4. The minimum atomic E-state index is -3.77. The van der Waals surface area contributed by atoms with Crippen LogP contribution in [0.4, 0.5) is 5.69 Å². The van der Waals surface area contributed by atoms with Gasteiger partial charge >= 0.3 is 5.97 Å². The lowest BCUT2D eigenvalue weighted by Gasteiger charge is -2.15. The fourth-order valence-electron chi connectivity index (χ4n) is 2.04. The Labute approximate surface area is 130 Å². The van der Waals surface area contributed by atoms with Crippen molar-refractivity contribution >= 4 is 21.7 Å². The Hall–Kier alpha value is -1.64. The highest BCUT2D eigenvalue weighted by atomic mass is 32.2. The summed E-state index contributed by atoms with van der Waals surface area (Å²) in [6, 6.07) is 3.62. The molecular weight excluding hydrogens is 308 g/mol. The average molecular weight is 330 g/mol. The second-order valence-electron chi connectivity index (χ2n) is 4.97. The Morgan fingerprint density at radius 2 is 2.05 bits per heavy atom. The lowest BCUT2D eigenvalue weighted by Crippen LogP contribution is -2.32. The van der Waals surface area contributed by atoms with Gasteiger partial charge in [0.05, 0.1) is 17.1 Å². The van der Waals surface area contributed by atoms with Gasteiger partial charge < -0.3 is 15.5 Å². The second kappa shape index (κ2) is 8.11. The summed E-state index contributed by atoms with van der Waals surface area (Å²) in [4.78, 5) is 11.2. The Morgan fingerprint density at radius 3 is 2.59 bits per heavy atom. The highest BCUT2D eigenvalue weighted by Crippen LogP contribution is 2.21. The van der Waals surface area contributed by atoms with Crippen LogP contribution in [0.3, 0.4) is 0 Å². The van der Waals surface area contributed by atoms with Crippen molar-refractivity contribution in [3.8, 4) is 0 Å². The molecule has 0 aromatic heterocycles. The fourth-order valence-corrected chi connectivity index (χ4v) is 3.34. The highest BCUT2D eigenvalue weighted by Gasteiger charge is 2.20. The summed E-state index contributed by atoms with van der Waals surface area (Å²) in [5, 5.41) is 20.7. The number of hydrogen-bond acceptors (Lipinski definition) is 5. The molecule has 124 valence electrons. The van der Waals surface area contributed by atoms with E-state index in [1.165, 1.54) is 12.1 Å². The standard InChI is InChI=1S/C14H22N2O5S/c1-3-4-10(2)16-22(20,21)11-5-6-13(15-7-8-17)12(9-11)14(18)19/h5-6,9-10,15-17H,3-4,7-8H2,1-2H3,(H,18,19). The third kappa shape index (κ3) is 4.97. The van der Waals surface area contributed by atoms with Crippen LogP contribution < -0.4 is 10.0 Å². The zero-order valence-electron chi connectivity index (χ0n) is 12.7. The van der Waals surface area contributed by atoms with Gasteiger partial charge in [-0.2, -0.15) is 0 Å². The summed E-state index contributed by atoms with van der Waals surface area (Å²) in [5.41, 5.74) is 0.113. The lowest BCUT2D eigenvalue weighted by atomic mass is 10.2. The molecule has 0 radical (unpaired) electrons. The summed E-state index contributed by atoms with van der Waals surface area (Å²) < 4.78 is 27.0. The second-order valence-corrected chi connectivity index (χ2v) is 6.69. The summed E-state index contributed by atoms with van der Waals surface area (Å²) in [6.07, 6.45) is 1.54. The van der Waals surface area contributed by atoms with Gasteiger partial charge in [0.15, 0.2) is 0 Å². The molecule has 1 rings (SSSR count). The number of aromatic carboxylic acids is 1. The smallest absolute Gasteiger partial charge is 0.337 e. The van der Waals surface area contributed by atoms with Gasteiger partial charge in [-0.1, -0.05) is 13.3 Å². The third-order valence-corrected chi connectivity index (χ3v) is 4.62. The number of benzene rings is 1. The number of carbonyl (C=O) groups is 1. The molecule has 0 aliphatic heterocycles. The highest BCUT2D eigenvalue weighted by molar-refractivity contribution is 7.89. The van der Waals surface area contributed by atoms with Crippen molar-refractivity contribution in [2.75, 3.05) is 18.5 Å². The molecular formula is C14H22N2O5S. The van der Waals surface area contributed by atoms with Gasteiger partial charge in [-0.25, -0.2) is 17.9 Å². The first-order chi connectivity index (χ1) is 10.3. The van der Waals surface area contributed by atoms with Crippen LogP contribution in [0.15, 0.2) is 23.1 Å². The van der Waals surface area contributed by atoms with Crippen LogP contribution in [0.25, 0.3) is 0 Å². The number of aliphatic hydroxyl groups excluding tert-OH is 1. The first-order valence-electron chi connectivity index (χ1n) is 7.06. The van der Waals surface area contributed by atoms with Crippen LogP contribution in [0.5, 0.6) is 0 Å². The van der Waals surface area contributed by atoms with Crippen molar-refractivity contribution in [3.05, 3.63) is 23.8 Å². The molecule has 1 aromatic carbocycles. The summed E-state index contributed by atoms with van der Waals surface area (Å²) in [6.45, 7) is 3.73. The summed E-state index contributed by atoms with van der Waals surface area (Å²) in [7, 11) is -3.77. The van der Waals surface area contributed by atoms with Gasteiger partial charge in [-0.05, 0) is 31.5 Å². The molecule has 0 fully saturated rings. The van der Waals surface area contributed by atoms with E-state index in [1.54, 1.807) is 6.92 Å². The molecule has 22 heavy (non-hydrogen) atoms. The molecule has 0 aliphatic carbocycles. The van der Waals surface area contributed by atoms with Gasteiger partial charge in [0.25, 0.3) is 0 Å². The van der Waals surface area contributed by atoms with Crippen molar-refractivity contribution in [2.45, 2.75) is 37.6 Å². The number of nitrogens with one attached hydrogen (secondary N) is 2. The topological polar surface area (TPSA) is 116 Å². The van der Waals surface area contributed by atoms with E-state index in [1.807, 2.05) is 6.92 Å². The van der Waals surface area contributed by atoms with E-state index in [9.17, 15) is 18.3 Å². The van der Waals surface area contributed by atoms with Crippen LogP contribution in [0.1, 0.15) is 37.0 Å². The zero-order valence-corrected chi connectivity index (χ0v) is 13.5. The molecule has 0 spiro atoms. The van der Waals surface area contributed by atoms with Gasteiger partial charge in [0.2, 0.25) is 10.0 Å². The molecule has 1 aromatic rings. The van der Waals surface area contributed by atoms with Gasteiger partial charge in [-0.15, -0.1) is 0 Å². The van der Waals surface area contributed by atoms with Crippen LogP contribution in [-0.2, 0) is 10.0 Å². The van der Waals surface area contributed by atoms with Gasteiger partial charge in [0.1, 0.15) is 0 Å². The maximum absolute atomic E-state index is 12.3. The predicted octanol–water partition coefficient (Wildman–Crippen LogP) is 1.26. The maximum Gasteiger partial charge on any atom is 0.337 e. The minimum absolute atomic E-state index is 0.0950. The molecule has 0 saturated carbocycles. The number of sulfonamides is 1. The zero-order chi connectivity index (χ0) is 16.8. The van der Waals surface area contributed by atoms with Gasteiger partial charge in [0, 0.05) is 18.3 Å². The quantitative estimate of drug-likeness (QED) is 0.542. The molecule has 1 unspecified atom stereocenters. The maximum atomic E-state index is 12.3. The molecule has 8 heteroatoms. The third-order valence-electron chi connectivity index (χ3n) is 3.04. The molecule has 4 N–H and O–H groups in total.